The van der Waals surface area contributed by atoms with Crippen molar-refractivity contribution in [1.82, 2.24) is 9.78 Å². The minimum Gasteiger partial charge on any atom is -0.481 e. The van der Waals surface area contributed by atoms with Gasteiger partial charge in [0.05, 0.1) is 12.8 Å². The predicted molar refractivity (Wildman–Crippen MR) is 68.0 cm³/mol. The van der Waals surface area contributed by atoms with Crippen molar-refractivity contribution in [2.75, 3.05) is 7.11 Å². The first-order valence-electron chi connectivity index (χ1n) is 5.20. The van der Waals surface area contributed by atoms with Gasteiger partial charge in [0.2, 0.25) is 5.88 Å². The van der Waals surface area contributed by atoms with Crippen molar-refractivity contribution in [3.05, 3.63) is 45.2 Å². The van der Waals surface area contributed by atoms with Crippen LogP contribution < -0.4 is 10.3 Å². The Hall–Kier alpha value is -2.01. The molecule has 18 heavy (non-hydrogen) atoms. The summed E-state index contributed by atoms with van der Waals surface area (Å²) in [4.78, 5) is 23.5. The van der Waals surface area contributed by atoms with E-state index in [-0.39, 0.29) is 17.2 Å². The first-order chi connectivity index (χ1) is 8.54. The first-order valence-corrected chi connectivity index (χ1v) is 5.58. The third kappa shape index (κ3) is 2.04. The lowest BCUT2D eigenvalue weighted by atomic mass is 10.2. The summed E-state index contributed by atoms with van der Waals surface area (Å²) in [5.41, 5.74) is 0.143. The summed E-state index contributed by atoms with van der Waals surface area (Å²) in [7, 11) is 1.39. The van der Waals surface area contributed by atoms with Gasteiger partial charge in [-0.3, -0.25) is 14.7 Å². The Bertz CT molecular complexity index is 640. The van der Waals surface area contributed by atoms with Gasteiger partial charge in [-0.25, -0.2) is 4.68 Å². The molecule has 6 heteroatoms. The van der Waals surface area contributed by atoms with Crippen LogP contribution in [0.15, 0.2) is 29.1 Å². The van der Waals surface area contributed by atoms with E-state index in [2.05, 4.69) is 5.10 Å². The lowest BCUT2D eigenvalue weighted by Gasteiger charge is -2.01. The zero-order valence-corrected chi connectivity index (χ0v) is 10.6. The quantitative estimate of drug-likeness (QED) is 0.865. The summed E-state index contributed by atoms with van der Waals surface area (Å²) < 4.78 is 6.23. The highest BCUT2D eigenvalue weighted by atomic mass is 35.5. The number of rotatable bonds is 3. The summed E-state index contributed by atoms with van der Waals surface area (Å²) in [5.74, 6) is -0.191. The molecule has 1 heterocycles. The zero-order chi connectivity index (χ0) is 13.3. The lowest BCUT2D eigenvalue weighted by molar-refractivity contribution is 0.101. The first kappa shape index (κ1) is 12.4. The number of ether oxygens (including phenoxy) is 1. The maximum absolute atomic E-state index is 12.1. The van der Waals surface area contributed by atoms with Gasteiger partial charge in [0.1, 0.15) is 5.56 Å². The van der Waals surface area contributed by atoms with E-state index < -0.39 is 5.56 Å². The van der Waals surface area contributed by atoms with Gasteiger partial charge in [0.25, 0.3) is 5.56 Å². The van der Waals surface area contributed by atoms with Gasteiger partial charge in [0.15, 0.2) is 5.78 Å². The maximum Gasteiger partial charge on any atom is 0.286 e. The van der Waals surface area contributed by atoms with E-state index in [1.54, 1.807) is 24.3 Å². The number of hydrogen-bond donors (Lipinski definition) is 1. The third-order valence-electron chi connectivity index (χ3n) is 2.50. The second-order valence-corrected chi connectivity index (χ2v) is 4.13. The minimum absolute atomic E-state index is 0.00690. The number of hydrogen-bond acceptors (Lipinski definition) is 3. The van der Waals surface area contributed by atoms with Crippen molar-refractivity contribution in [3.8, 4) is 11.6 Å². The SMILES string of the molecule is COc1[nH]n(-c2ccc(Cl)cc2)c(=O)c1C(C)=O. The lowest BCUT2D eigenvalue weighted by Crippen LogP contribution is -2.19. The molecule has 94 valence electrons. The van der Waals surface area contributed by atoms with E-state index in [1.165, 1.54) is 18.7 Å². The molecule has 0 aliphatic carbocycles. The number of carbonyl (C=O) groups is 1. The summed E-state index contributed by atoms with van der Waals surface area (Å²) in [5, 5.41) is 3.30. The van der Waals surface area contributed by atoms with Crippen molar-refractivity contribution in [1.29, 1.82) is 0 Å². The Morgan fingerprint density at radius 1 is 1.33 bits per heavy atom. The molecule has 0 saturated carbocycles. The molecule has 0 aliphatic rings. The smallest absolute Gasteiger partial charge is 0.286 e. The van der Waals surface area contributed by atoms with Gasteiger partial charge in [-0.1, -0.05) is 11.6 Å². The number of nitrogens with zero attached hydrogens (tertiary/aromatic N) is 1. The van der Waals surface area contributed by atoms with Crippen LogP contribution in [0.4, 0.5) is 0 Å². The van der Waals surface area contributed by atoms with Gasteiger partial charge in [0, 0.05) is 5.02 Å². The van der Waals surface area contributed by atoms with Gasteiger partial charge in [-0.05, 0) is 31.2 Å². The Kier molecular flexibility index (Phi) is 3.25. The highest BCUT2D eigenvalue weighted by molar-refractivity contribution is 6.30. The Labute approximate surface area is 108 Å². The summed E-state index contributed by atoms with van der Waals surface area (Å²) >= 11 is 5.78. The average Bonchev–Trinajstić information content (AvgIpc) is 2.67. The molecule has 0 unspecified atom stereocenters. The summed E-state index contributed by atoms with van der Waals surface area (Å²) in [6.07, 6.45) is 0. The summed E-state index contributed by atoms with van der Waals surface area (Å²) in [6.45, 7) is 1.32. The monoisotopic (exact) mass is 266 g/mol. The second kappa shape index (κ2) is 4.70. The third-order valence-corrected chi connectivity index (χ3v) is 2.75. The highest BCUT2D eigenvalue weighted by Gasteiger charge is 2.19. The predicted octanol–water partition coefficient (Wildman–Crippen LogP) is 2.03. The average molecular weight is 267 g/mol. The van der Waals surface area contributed by atoms with Crippen LogP contribution in [0.3, 0.4) is 0 Å². The number of carbonyl (C=O) groups excluding carboxylic acids is 1. The molecule has 0 atom stereocenters. The second-order valence-electron chi connectivity index (χ2n) is 3.69. The Morgan fingerprint density at radius 2 is 1.94 bits per heavy atom. The van der Waals surface area contributed by atoms with Crippen molar-refractivity contribution < 1.29 is 9.53 Å². The largest absolute Gasteiger partial charge is 0.481 e. The number of aromatic amines is 1. The van der Waals surface area contributed by atoms with Crippen molar-refractivity contribution >= 4 is 17.4 Å². The molecular formula is C12H11ClN2O3. The van der Waals surface area contributed by atoms with E-state index in [0.29, 0.717) is 10.7 Å². The van der Waals surface area contributed by atoms with Crippen LogP contribution in [-0.4, -0.2) is 22.7 Å². The van der Waals surface area contributed by atoms with Crippen LogP contribution in [0.2, 0.25) is 5.02 Å². The highest BCUT2D eigenvalue weighted by Crippen LogP contribution is 2.16. The number of methoxy groups -OCH3 is 1. The van der Waals surface area contributed by atoms with Crippen LogP contribution in [-0.2, 0) is 0 Å². The van der Waals surface area contributed by atoms with Gasteiger partial charge in [-0.15, -0.1) is 0 Å². The van der Waals surface area contributed by atoms with Crippen LogP contribution in [0, 0.1) is 0 Å². The molecule has 1 aromatic heterocycles. The fraction of sp³-hybridized carbons (Fsp3) is 0.167. The van der Waals surface area contributed by atoms with E-state index in [0.717, 1.165) is 0 Å². The molecule has 1 aromatic carbocycles. The summed E-state index contributed by atoms with van der Waals surface area (Å²) in [6, 6.07) is 6.65. The standard InChI is InChI=1S/C12H11ClN2O3/c1-7(16)10-11(18-2)14-15(12(10)17)9-5-3-8(13)4-6-9/h3-6,14H,1-2H3. The number of Topliss-reactive ketones (excluding diaryl/α,β-unsaturated/α-hetero) is 1. The van der Waals surface area contributed by atoms with E-state index >= 15 is 0 Å². The van der Waals surface area contributed by atoms with Crippen molar-refractivity contribution in [2.45, 2.75) is 6.92 Å². The van der Waals surface area contributed by atoms with E-state index in [1.807, 2.05) is 0 Å². The molecule has 5 nitrogen and oxygen atoms in total. The van der Waals surface area contributed by atoms with Crippen molar-refractivity contribution in [2.24, 2.45) is 0 Å². The van der Waals surface area contributed by atoms with Crippen LogP contribution >= 0.6 is 11.6 Å². The van der Waals surface area contributed by atoms with E-state index in [9.17, 15) is 9.59 Å². The molecule has 2 aromatic rings. The Morgan fingerprint density at radius 3 is 2.39 bits per heavy atom. The number of benzene rings is 1. The fourth-order valence-electron chi connectivity index (χ4n) is 1.65. The molecule has 0 bridgehead atoms. The molecule has 0 amide bonds. The number of H-pyrrole nitrogens is 1. The van der Waals surface area contributed by atoms with E-state index in [4.69, 9.17) is 16.3 Å². The topological polar surface area (TPSA) is 64.1 Å². The molecule has 0 aliphatic heterocycles. The normalized spacial score (nSPS) is 10.4. The fourth-order valence-corrected chi connectivity index (χ4v) is 1.77. The maximum atomic E-state index is 12.1. The molecule has 2 rings (SSSR count). The van der Waals surface area contributed by atoms with Gasteiger partial charge < -0.3 is 4.74 Å². The number of nitrogens with one attached hydrogen (secondary N) is 1. The molecule has 0 saturated heterocycles. The number of halogens is 1. The van der Waals surface area contributed by atoms with Crippen LogP contribution in [0.1, 0.15) is 17.3 Å². The van der Waals surface area contributed by atoms with Crippen LogP contribution in [0.25, 0.3) is 5.69 Å². The van der Waals surface area contributed by atoms with Crippen LogP contribution in [0.5, 0.6) is 5.88 Å². The molecule has 1 N–H and O–H groups in total. The molecule has 0 spiro atoms. The molecule has 0 radical (unpaired) electrons. The minimum atomic E-state index is -0.443. The van der Waals surface area contributed by atoms with Crippen molar-refractivity contribution in [3.63, 3.8) is 0 Å². The van der Waals surface area contributed by atoms with Gasteiger partial charge in [-0.2, -0.15) is 0 Å². The van der Waals surface area contributed by atoms with Gasteiger partial charge >= 0.3 is 0 Å². The Balaban J connectivity index is 2.63. The number of ketones is 1. The molecule has 0 fully saturated rings. The zero-order valence-electron chi connectivity index (χ0n) is 9.86. The molecular weight excluding hydrogens is 256 g/mol. The number of aromatic nitrogens is 2.